The monoisotopic (exact) mass is 379 g/mol. The van der Waals surface area contributed by atoms with Crippen molar-refractivity contribution in [3.05, 3.63) is 53.1 Å². The molecule has 3 rings (SSSR count). The molecule has 27 heavy (non-hydrogen) atoms. The van der Waals surface area contributed by atoms with Crippen LogP contribution in [0.15, 0.2) is 35.5 Å². The van der Waals surface area contributed by atoms with E-state index in [0.717, 1.165) is 17.1 Å². The van der Waals surface area contributed by atoms with E-state index in [1.165, 1.54) is 16.4 Å². The highest BCUT2D eigenvalue weighted by Crippen LogP contribution is 2.18. The van der Waals surface area contributed by atoms with E-state index < -0.39 is 0 Å². The molecule has 0 aliphatic rings. The lowest BCUT2D eigenvalue weighted by Crippen LogP contribution is -2.18. The fraction of sp³-hybridized carbons (Fsp3) is 0.222. The van der Waals surface area contributed by atoms with Crippen LogP contribution in [0, 0.1) is 32.1 Å². The van der Waals surface area contributed by atoms with E-state index in [4.69, 9.17) is 5.26 Å². The number of aryl methyl sites for hydroxylation is 3. The van der Waals surface area contributed by atoms with Gasteiger partial charge in [-0.25, -0.2) is 15.0 Å². The summed E-state index contributed by atoms with van der Waals surface area (Å²) in [5, 5.41) is 16.8. The lowest BCUT2D eigenvalue weighted by molar-refractivity contribution is -0.113. The minimum absolute atomic E-state index is 0.153. The Hall–Kier alpha value is -3.25. The number of carbonyl (C=O) groups excluding carboxylic acids is 1. The zero-order valence-corrected chi connectivity index (χ0v) is 15.9. The van der Waals surface area contributed by atoms with Crippen molar-refractivity contribution < 1.29 is 4.79 Å². The number of nitriles is 1. The van der Waals surface area contributed by atoms with Gasteiger partial charge in [-0.1, -0.05) is 11.8 Å². The minimum atomic E-state index is -0.213. The first kappa shape index (κ1) is 18.5. The standard InChI is InChI=1S/C18H17N7OS/c1-11-6-12(2)22-18(21-11)25-15(7-13(3)24-25)23-16(26)10-27-17-8-14(9-19)4-5-20-17/h4-8H,10H2,1-3H3,(H,23,26). The van der Waals surface area contributed by atoms with Gasteiger partial charge in [0.1, 0.15) is 5.82 Å². The zero-order valence-electron chi connectivity index (χ0n) is 15.1. The number of nitrogens with zero attached hydrogens (tertiary/aromatic N) is 6. The van der Waals surface area contributed by atoms with Crippen LogP contribution in [-0.2, 0) is 4.79 Å². The second-order valence-corrected chi connectivity index (χ2v) is 6.86. The average Bonchev–Trinajstić information content (AvgIpc) is 2.99. The number of hydrogen-bond acceptors (Lipinski definition) is 7. The number of amides is 1. The second kappa shape index (κ2) is 7.97. The van der Waals surface area contributed by atoms with E-state index in [0.29, 0.717) is 22.4 Å². The number of carbonyl (C=O) groups is 1. The SMILES string of the molecule is Cc1cc(C)nc(-n2nc(C)cc2NC(=O)CSc2cc(C#N)ccn2)n1. The molecule has 0 aliphatic heterocycles. The van der Waals surface area contributed by atoms with Gasteiger partial charge in [-0.05, 0) is 39.0 Å². The molecule has 1 amide bonds. The molecule has 3 aromatic rings. The van der Waals surface area contributed by atoms with Gasteiger partial charge in [0.2, 0.25) is 5.91 Å². The predicted octanol–water partition coefficient (Wildman–Crippen LogP) is 2.59. The number of anilines is 1. The van der Waals surface area contributed by atoms with E-state index in [2.05, 4.69) is 31.4 Å². The Kier molecular flexibility index (Phi) is 5.47. The summed E-state index contributed by atoms with van der Waals surface area (Å²) in [6, 6.07) is 8.96. The Morgan fingerprint density at radius 2 is 1.93 bits per heavy atom. The fourth-order valence-corrected chi connectivity index (χ4v) is 3.12. The first-order valence-electron chi connectivity index (χ1n) is 8.13. The van der Waals surface area contributed by atoms with E-state index in [9.17, 15) is 4.79 Å². The molecule has 9 heteroatoms. The largest absolute Gasteiger partial charge is 0.310 e. The van der Waals surface area contributed by atoms with Crippen LogP contribution in [0.25, 0.3) is 5.95 Å². The first-order valence-corrected chi connectivity index (χ1v) is 9.11. The third kappa shape index (κ3) is 4.68. The minimum Gasteiger partial charge on any atom is -0.310 e. The summed E-state index contributed by atoms with van der Waals surface area (Å²) in [6.45, 7) is 5.60. The number of hydrogen-bond donors (Lipinski definition) is 1. The molecule has 136 valence electrons. The van der Waals surface area contributed by atoms with E-state index >= 15 is 0 Å². The molecular weight excluding hydrogens is 362 g/mol. The number of pyridine rings is 1. The Labute approximate surface area is 160 Å². The third-order valence-electron chi connectivity index (χ3n) is 3.47. The lowest BCUT2D eigenvalue weighted by Gasteiger charge is -2.08. The van der Waals surface area contributed by atoms with Gasteiger partial charge in [0.05, 0.1) is 28.1 Å². The van der Waals surface area contributed by atoms with Crippen molar-refractivity contribution in [2.75, 3.05) is 11.1 Å². The van der Waals surface area contributed by atoms with Gasteiger partial charge in [-0.15, -0.1) is 0 Å². The van der Waals surface area contributed by atoms with Gasteiger partial charge >= 0.3 is 0 Å². The van der Waals surface area contributed by atoms with Crippen LogP contribution in [-0.4, -0.2) is 36.4 Å². The Morgan fingerprint density at radius 1 is 1.19 bits per heavy atom. The van der Waals surface area contributed by atoms with Gasteiger partial charge in [0, 0.05) is 23.7 Å². The number of nitrogens with one attached hydrogen (secondary N) is 1. The van der Waals surface area contributed by atoms with Crippen LogP contribution in [0.1, 0.15) is 22.6 Å². The summed E-state index contributed by atoms with van der Waals surface area (Å²) < 4.78 is 1.52. The molecule has 3 heterocycles. The molecule has 0 spiro atoms. The predicted molar refractivity (Wildman–Crippen MR) is 102 cm³/mol. The maximum atomic E-state index is 12.4. The number of rotatable bonds is 5. The summed E-state index contributed by atoms with van der Waals surface area (Å²) in [5.41, 5.74) is 2.89. The van der Waals surface area contributed by atoms with Crippen LogP contribution in [0.2, 0.25) is 0 Å². The molecule has 0 aliphatic carbocycles. The maximum Gasteiger partial charge on any atom is 0.252 e. The van der Waals surface area contributed by atoms with Crippen molar-refractivity contribution in [2.45, 2.75) is 25.8 Å². The van der Waals surface area contributed by atoms with Gasteiger partial charge in [0.15, 0.2) is 0 Å². The average molecular weight is 379 g/mol. The summed E-state index contributed by atoms with van der Waals surface area (Å²) in [5.74, 6) is 0.850. The smallest absolute Gasteiger partial charge is 0.252 e. The molecule has 1 N–H and O–H groups in total. The van der Waals surface area contributed by atoms with E-state index in [1.54, 1.807) is 24.4 Å². The van der Waals surface area contributed by atoms with Crippen LogP contribution in [0.5, 0.6) is 0 Å². The van der Waals surface area contributed by atoms with Gasteiger partial charge < -0.3 is 5.32 Å². The van der Waals surface area contributed by atoms with E-state index in [1.807, 2.05) is 26.8 Å². The molecule has 0 fully saturated rings. The number of thioether (sulfide) groups is 1. The van der Waals surface area contributed by atoms with Gasteiger partial charge in [0.25, 0.3) is 5.95 Å². The van der Waals surface area contributed by atoms with Crippen molar-refractivity contribution in [1.82, 2.24) is 24.7 Å². The Morgan fingerprint density at radius 3 is 2.63 bits per heavy atom. The highest BCUT2D eigenvalue weighted by atomic mass is 32.2. The molecule has 8 nitrogen and oxygen atoms in total. The lowest BCUT2D eigenvalue weighted by atomic mass is 10.3. The van der Waals surface area contributed by atoms with E-state index in [-0.39, 0.29) is 11.7 Å². The zero-order chi connectivity index (χ0) is 19.4. The fourth-order valence-electron chi connectivity index (χ4n) is 2.42. The molecule has 0 saturated heterocycles. The molecule has 0 saturated carbocycles. The van der Waals surface area contributed by atoms with Crippen LogP contribution in [0.3, 0.4) is 0 Å². The first-order chi connectivity index (χ1) is 12.9. The van der Waals surface area contributed by atoms with Gasteiger partial charge in [-0.2, -0.15) is 15.0 Å². The summed E-state index contributed by atoms with van der Waals surface area (Å²) >= 11 is 1.26. The van der Waals surface area contributed by atoms with Crippen molar-refractivity contribution in [1.29, 1.82) is 5.26 Å². The molecule has 0 bridgehead atoms. The Balaban J connectivity index is 1.74. The molecule has 0 radical (unpaired) electrons. The highest BCUT2D eigenvalue weighted by molar-refractivity contribution is 7.99. The quantitative estimate of drug-likeness (QED) is 0.679. The molecule has 0 aromatic carbocycles. The second-order valence-electron chi connectivity index (χ2n) is 5.86. The molecule has 0 unspecified atom stereocenters. The van der Waals surface area contributed by atoms with Crippen LogP contribution < -0.4 is 5.32 Å². The van der Waals surface area contributed by atoms with Crippen molar-refractivity contribution in [2.24, 2.45) is 0 Å². The molecular formula is C18H17N7OS. The normalized spacial score (nSPS) is 10.4. The summed E-state index contributed by atoms with van der Waals surface area (Å²) in [7, 11) is 0. The van der Waals surface area contributed by atoms with Crippen molar-refractivity contribution in [3.63, 3.8) is 0 Å². The summed E-state index contributed by atoms with van der Waals surface area (Å²) in [4.78, 5) is 25.3. The van der Waals surface area contributed by atoms with Gasteiger partial charge in [-0.3, -0.25) is 4.79 Å². The van der Waals surface area contributed by atoms with Crippen molar-refractivity contribution >= 4 is 23.5 Å². The topological polar surface area (TPSA) is 109 Å². The Bertz CT molecular complexity index is 1020. The number of aromatic nitrogens is 5. The van der Waals surface area contributed by atoms with Crippen molar-refractivity contribution in [3.8, 4) is 12.0 Å². The summed E-state index contributed by atoms with van der Waals surface area (Å²) in [6.07, 6.45) is 1.55. The molecule has 3 aromatic heterocycles. The molecule has 0 atom stereocenters. The van der Waals surface area contributed by atoms with Crippen LogP contribution >= 0.6 is 11.8 Å². The van der Waals surface area contributed by atoms with Crippen LogP contribution in [0.4, 0.5) is 5.82 Å². The highest BCUT2D eigenvalue weighted by Gasteiger charge is 2.14. The third-order valence-corrected chi connectivity index (χ3v) is 4.40. The maximum absolute atomic E-state index is 12.4.